The van der Waals surface area contributed by atoms with Crippen molar-refractivity contribution in [1.29, 1.82) is 0 Å². The third-order valence-electron chi connectivity index (χ3n) is 5.20. The summed E-state index contributed by atoms with van der Waals surface area (Å²) >= 11 is 1.73. The minimum atomic E-state index is -0.464. The fraction of sp³-hybridized carbons (Fsp3) is 0.409. The predicted octanol–water partition coefficient (Wildman–Crippen LogP) is 5.18. The summed E-state index contributed by atoms with van der Waals surface area (Å²) in [6.45, 7) is 7.98. The van der Waals surface area contributed by atoms with Gasteiger partial charge in [0, 0.05) is 40.8 Å². The van der Waals surface area contributed by atoms with E-state index in [0.717, 1.165) is 24.3 Å². The summed E-state index contributed by atoms with van der Waals surface area (Å²) in [7, 11) is 0. The van der Waals surface area contributed by atoms with Crippen LogP contribution in [0.2, 0.25) is 0 Å². The molecule has 3 aromatic rings. The molecule has 1 aromatic carbocycles. The van der Waals surface area contributed by atoms with Gasteiger partial charge in [-0.25, -0.2) is 9.97 Å². The first-order valence-electron chi connectivity index (χ1n) is 9.70. The molecule has 0 bridgehead atoms. The van der Waals surface area contributed by atoms with Gasteiger partial charge < -0.3 is 9.88 Å². The fourth-order valence-corrected chi connectivity index (χ4v) is 4.10. The molecular formula is C22H26N4OS. The van der Waals surface area contributed by atoms with Gasteiger partial charge in [0.05, 0.1) is 17.5 Å². The van der Waals surface area contributed by atoms with E-state index in [9.17, 15) is 4.79 Å². The highest BCUT2D eigenvalue weighted by Crippen LogP contribution is 2.32. The van der Waals surface area contributed by atoms with Crippen LogP contribution in [0.4, 0.5) is 5.69 Å². The molecule has 1 aliphatic heterocycles. The molecule has 6 heteroatoms. The lowest BCUT2D eigenvalue weighted by Gasteiger charge is -2.19. The number of hydrogen-bond acceptors (Lipinski definition) is 5. The number of carbonyl (C=O) groups is 1. The van der Waals surface area contributed by atoms with Crippen LogP contribution < -0.4 is 4.90 Å². The van der Waals surface area contributed by atoms with Crippen molar-refractivity contribution in [2.75, 3.05) is 24.2 Å². The molecule has 2 aromatic heterocycles. The molecule has 0 amide bonds. The third-order valence-corrected chi connectivity index (χ3v) is 5.91. The summed E-state index contributed by atoms with van der Waals surface area (Å²) < 4.78 is 0. The van der Waals surface area contributed by atoms with Gasteiger partial charge in [-0.15, -0.1) is 11.8 Å². The van der Waals surface area contributed by atoms with E-state index in [4.69, 9.17) is 4.98 Å². The lowest BCUT2D eigenvalue weighted by molar-refractivity contribution is 0.0860. The van der Waals surface area contributed by atoms with Crippen LogP contribution >= 0.6 is 11.8 Å². The number of fused-ring (bicyclic) bond motifs is 1. The first kappa shape index (κ1) is 19.0. The molecule has 4 rings (SSSR count). The van der Waals surface area contributed by atoms with Crippen LogP contribution in [0.25, 0.3) is 22.4 Å². The van der Waals surface area contributed by atoms with Crippen molar-refractivity contribution >= 4 is 34.4 Å². The quantitative estimate of drug-likeness (QED) is 0.488. The van der Waals surface area contributed by atoms with Gasteiger partial charge in [0.1, 0.15) is 5.52 Å². The number of aromatic amines is 1. The SMILES string of the molecule is CSc1cc(-c2cnc3[nH]cc(C(=O)C(C)(C)C)c3n2)cc(N2CCCC2)c1. The van der Waals surface area contributed by atoms with Crippen molar-refractivity contribution < 1.29 is 4.79 Å². The van der Waals surface area contributed by atoms with E-state index < -0.39 is 5.41 Å². The number of rotatable bonds is 4. The molecular weight excluding hydrogens is 368 g/mol. The first-order chi connectivity index (χ1) is 13.4. The Kier molecular flexibility index (Phi) is 4.91. The summed E-state index contributed by atoms with van der Waals surface area (Å²) in [6, 6.07) is 6.59. The van der Waals surface area contributed by atoms with Crippen LogP contribution in [-0.4, -0.2) is 40.1 Å². The Balaban J connectivity index is 1.80. The average Bonchev–Trinajstić information content (AvgIpc) is 3.35. The van der Waals surface area contributed by atoms with E-state index in [1.165, 1.54) is 23.4 Å². The molecule has 1 N–H and O–H groups in total. The molecule has 28 heavy (non-hydrogen) atoms. The number of nitrogens with one attached hydrogen (secondary N) is 1. The normalized spacial score (nSPS) is 14.8. The maximum absolute atomic E-state index is 12.8. The number of ketones is 1. The Labute approximate surface area is 170 Å². The number of Topliss-reactive ketones (excluding diaryl/α,β-unsaturated/α-hetero) is 1. The van der Waals surface area contributed by atoms with Gasteiger partial charge in [0.25, 0.3) is 0 Å². The summed E-state index contributed by atoms with van der Waals surface area (Å²) in [5, 5.41) is 0. The Morgan fingerprint density at radius 2 is 1.93 bits per heavy atom. The number of thioether (sulfide) groups is 1. The second-order valence-corrected chi connectivity index (χ2v) is 9.23. The minimum Gasteiger partial charge on any atom is -0.371 e. The highest BCUT2D eigenvalue weighted by molar-refractivity contribution is 7.98. The minimum absolute atomic E-state index is 0.0702. The molecule has 0 atom stereocenters. The van der Waals surface area contributed by atoms with Crippen molar-refractivity contribution in [3.05, 3.63) is 36.2 Å². The molecule has 146 valence electrons. The topological polar surface area (TPSA) is 61.9 Å². The molecule has 0 unspecified atom stereocenters. The highest BCUT2D eigenvalue weighted by atomic mass is 32.2. The molecule has 1 aliphatic rings. The van der Waals surface area contributed by atoms with Crippen molar-refractivity contribution in [3.63, 3.8) is 0 Å². The van der Waals surface area contributed by atoms with Crippen molar-refractivity contribution in [2.45, 2.75) is 38.5 Å². The van der Waals surface area contributed by atoms with E-state index in [-0.39, 0.29) is 5.78 Å². The largest absolute Gasteiger partial charge is 0.371 e. The van der Waals surface area contributed by atoms with Crippen LogP contribution in [0.3, 0.4) is 0 Å². The van der Waals surface area contributed by atoms with E-state index in [1.807, 2.05) is 20.8 Å². The molecule has 1 fully saturated rings. The van der Waals surface area contributed by atoms with E-state index >= 15 is 0 Å². The standard InChI is InChI=1S/C22H26N4OS/c1-22(2,3)20(27)17-12-23-21-19(17)25-18(13-24-21)14-9-15(11-16(10-14)28-4)26-7-5-6-8-26/h9-13H,5-8H2,1-4H3,(H,23,24). The zero-order chi connectivity index (χ0) is 19.9. The van der Waals surface area contributed by atoms with Crippen molar-refractivity contribution in [1.82, 2.24) is 15.0 Å². The third kappa shape index (κ3) is 3.53. The van der Waals surface area contributed by atoms with Gasteiger partial charge in [-0.2, -0.15) is 0 Å². The van der Waals surface area contributed by atoms with Gasteiger partial charge in [-0.05, 0) is 37.3 Å². The Hall–Kier alpha value is -2.34. The number of aromatic nitrogens is 3. The fourth-order valence-electron chi connectivity index (χ4n) is 3.61. The number of H-pyrrole nitrogens is 1. The van der Waals surface area contributed by atoms with E-state index in [2.05, 4.69) is 39.3 Å². The van der Waals surface area contributed by atoms with Crippen molar-refractivity contribution in [3.8, 4) is 11.3 Å². The summed E-state index contributed by atoms with van der Waals surface area (Å²) in [6.07, 6.45) is 8.10. The lowest BCUT2D eigenvalue weighted by Crippen LogP contribution is -2.20. The van der Waals surface area contributed by atoms with Gasteiger partial charge >= 0.3 is 0 Å². The Bertz CT molecular complexity index is 1030. The molecule has 5 nitrogen and oxygen atoms in total. The van der Waals surface area contributed by atoms with E-state index in [1.54, 1.807) is 24.2 Å². The number of hydrogen-bond donors (Lipinski definition) is 1. The molecule has 0 aliphatic carbocycles. The smallest absolute Gasteiger partial charge is 0.171 e. The Morgan fingerprint density at radius 3 is 2.61 bits per heavy atom. The zero-order valence-corrected chi connectivity index (χ0v) is 17.7. The monoisotopic (exact) mass is 394 g/mol. The summed E-state index contributed by atoms with van der Waals surface area (Å²) in [5.41, 5.74) is 4.52. The van der Waals surface area contributed by atoms with Gasteiger partial charge in [-0.3, -0.25) is 4.79 Å². The second-order valence-electron chi connectivity index (χ2n) is 8.35. The summed E-state index contributed by atoms with van der Waals surface area (Å²) in [4.78, 5) is 28.9. The number of carbonyl (C=O) groups excluding carboxylic acids is 1. The number of anilines is 1. The van der Waals surface area contributed by atoms with Crippen LogP contribution in [0.5, 0.6) is 0 Å². The average molecular weight is 395 g/mol. The number of nitrogens with zero attached hydrogens (tertiary/aromatic N) is 3. The zero-order valence-electron chi connectivity index (χ0n) is 16.9. The van der Waals surface area contributed by atoms with Crippen LogP contribution in [0.1, 0.15) is 44.0 Å². The van der Waals surface area contributed by atoms with Crippen LogP contribution in [-0.2, 0) is 0 Å². The molecule has 3 heterocycles. The second kappa shape index (κ2) is 7.24. The lowest BCUT2D eigenvalue weighted by atomic mass is 9.87. The predicted molar refractivity (Wildman–Crippen MR) is 116 cm³/mol. The van der Waals surface area contributed by atoms with Crippen LogP contribution in [0.15, 0.2) is 35.5 Å². The number of benzene rings is 1. The van der Waals surface area contributed by atoms with E-state index in [0.29, 0.717) is 16.7 Å². The van der Waals surface area contributed by atoms with Crippen molar-refractivity contribution in [2.24, 2.45) is 5.41 Å². The molecule has 0 radical (unpaired) electrons. The van der Waals surface area contributed by atoms with Gasteiger partial charge in [-0.1, -0.05) is 20.8 Å². The Morgan fingerprint density at radius 1 is 1.18 bits per heavy atom. The molecule has 0 saturated carbocycles. The van der Waals surface area contributed by atoms with Gasteiger partial charge in [0.2, 0.25) is 0 Å². The summed E-state index contributed by atoms with van der Waals surface area (Å²) in [5.74, 6) is 0.0702. The highest BCUT2D eigenvalue weighted by Gasteiger charge is 2.26. The van der Waals surface area contributed by atoms with Crippen LogP contribution in [0, 0.1) is 5.41 Å². The molecule has 0 spiro atoms. The maximum atomic E-state index is 12.8. The first-order valence-corrected chi connectivity index (χ1v) is 10.9. The maximum Gasteiger partial charge on any atom is 0.171 e. The molecule has 1 saturated heterocycles. The van der Waals surface area contributed by atoms with Gasteiger partial charge in [0.15, 0.2) is 11.4 Å².